The summed E-state index contributed by atoms with van der Waals surface area (Å²) in [5.74, 6) is 1.27. The second kappa shape index (κ2) is 6.56. The van der Waals surface area contributed by atoms with Gasteiger partial charge in [-0.1, -0.05) is 18.2 Å². The summed E-state index contributed by atoms with van der Waals surface area (Å²) >= 11 is 1.56. The second-order valence-electron chi connectivity index (χ2n) is 4.53. The van der Waals surface area contributed by atoms with Gasteiger partial charge in [0.2, 0.25) is 11.9 Å². The summed E-state index contributed by atoms with van der Waals surface area (Å²) in [7, 11) is 3.85. The normalized spacial score (nSPS) is 10.4. The first-order chi connectivity index (χ1) is 9.60. The van der Waals surface area contributed by atoms with E-state index in [0.717, 1.165) is 11.4 Å². The van der Waals surface area contributed by atoms with Crippen LogP contribution in [0.2, 0.25) is 0 Å². The number of hydrogen-bond donors (Lipinski definition) is 1. The number of nitrogens with one attached hydrogen (secondary N) is 1. The number of benzene rings is 1. The van der Waals surface area contributed by atoms with Crippen molar-refractivity contribution >= 4 is 23.7 Å². The van der Waals surface area contributed by atoms with Crippen molar-refractivity contribution in [1.29, 1.82) is 0 Å². The van der Waals surface area contributed by atoms with Gasteiger partial charge in [-0.3, -0.25) is 0 Å². The maximum atomic E-state index is 4.48. The SMILES string of the molecule is CCNc1nc(Sc2ccccc2C)nc(N(C)C)n1. The lowest BCUT2D eigenvalue weighted by Crippen LogP contribution is -2.15. The highest BCUT2D eigenvalue weighted by Crippen LogP contribution is 2.28. The quantitative estimate of drug-likeness (QED) is 0.913. The van der Waals surface area contributed by atoms with Gasteiger partial charge in [0.15, 0.2) is 5.16 Å². The van der Waals surface area contributed by atoms with E-state index in [1.807, 2.05) is 38.1 Å². The van der Waals surface area contributed by atoms with E-state index in [0.29, 0.717) is 17.1 Å². The molecule has 0 bridgehead atoms. The number of rotatable bonds is 5. The zero-order valence-corrected chi connectivity index (χ0v) is 13.0. The molecule has 0 spiro atoms. The number of hydrogen-bond acceptors (Lipinski definition) is 6. The fourth-order valence-electron chi connectivity index (χ4n) is 1.60. The van der Waals surface area contributed by atoms with Crippen LogP contribution in [0.4, 0.5) is 11.9 Å². The molecule has 106 valence electrons. The largest absolute Gasteiger partial charge is 0.354 e. The van der Waals surface area contributed by atoms with Crippen molar-refractivity contribution in [3.63, 3.8) is 0 Å². The fourth-order valence-corrected chi connectivity index (χ4v) is 2.43. The van der Waals surface area contributed by atoms with Crippen molar-refractivity contribution in [3.05, 3.63) is 29.8 Å². The van der Waals surface area contributed by atoms with Crippen molar-refractivity contribution in [3.8, 4) is 0 Å². The van der Waals surface area contributed by atoms with Crippen molar-refractivity contribution in [2.45, 2.75) is 23.9 Å². The van der Waals surface area contributed by atoms with Gasteiger partial charge in [0.05, 0.1) is 0 Å². The van der Waals surface area contributed by atoms with Crippen LogP contribution < -0.4 is 10.2 Å². The molecule has 0 unspecified atom stereocenters. The topological polar surface area (TPSA) is 53.9 Å². The summed E-state index contributed by atoms with van der Waals surface area (Å²) in [6.07, 6.45) is 0. The molecule has 0 amide bonds. The standard InChI is InChI=1S/C14H19N5S/c1-5-15-12-16-13(19(3)4)18-14(17-12)20-11-9-7-6-8-10(11)2/h6-9H,5H2,1-4H3,(H,15,16,17,18). The molecule has 20 heavy (non-hydrogen) atoms. The Morgan fingerprint density at radius 3 is 2.55 bits per heavy atom. The third-order valence-corrected chi connectivity index (χ3v) is 3.68. The van der Waals surface area contributed by atoms with Gasteiger partial charge in [0, 0.05) is 25.5 Å². The molecular formula is C14H19N5S. The molecule has 2 rings (SSSR count). The van der Waals surface area contributed by atoms with Crippen LogP contribution in [-0.2, 0) is 0 Å². The van der Waals surface area contributed by atoms with Gasteiger partial charge < -0.3 is 10.2 Å². The van der Waals surface area contributed by atoms with Gasteiger partial charge in [-0.2, -0.15) is 15.0 Å². The molecule has 0 saturated carbocycles. The number of nitrogens with zero attached hydrogens (tertiary/aromatic N) is 4. The number of aromatic nitrogens is 3. The van der Waals surface area contributed by atoms with Crippen molar-refractivity contribution in [2.24, 2.45) is 0 Å². The van der Waals surface area contributed by atoms with Crippen LogP contribution in [0.25, 0.3) is 0 Å². The molecular weight excluding hydrogens is 270 g/mol. The molecule has 0 radical (unpaired) electrons. The molecule has 1 aromatic heterocycles. The summed E-state index contributed by atoms with van der Waals surface area (Å²) in [5.41, 5.74) is 1.22. The minimum absolute atomic E-state index is 0.613. The van der Waals surface area contributed by atoms with Crippen LogP contribution in [0.5, 0.6) is 0 Å². The van der Waals surface area contributed by atoms with Crippen LogP contribution in [-0.4, -0.2) is 35.6 Å². The molecule has 5 nitrogen and oxygen atoms in total. The third kappa shape index (κ3) is 3.60. The van der Waals surface area contributed by atoms with E-state index >= 15 is 0 Å². The van der Waals surface area contributed by atoms with Crippen LogP contribution in [0.15, 0.2) is 34.3 Å². The maximum absolute atomic E-state index is 4.48. The lowest BCUT2D eigenvalue weighted by molar-refractivity contribution is 0.863. The Morgan fingerprint density at radius 2 is 1.90 bits per heavy atom. The van der Waals surface area contributed by atoms with Gasteiger partial charge >= 0.3 is 0 Å². The van der Waals surface area contributed by atoms with Gasteiger partial charge in [-0.15, -0.1) is 0 Å². The van der Waals surface area contributed by atoms with Crippen LogP contribution in [0.1, 0.15) is 12.5 Å². The second-order valence-corrected chi connectivity index (χ2v) is 5.54. The van der Waals surface area contributed by atoms with E-state index in [4.69, 9.17) is 0 Å². The predicted octanol–water partition coefficient (Wildman–Crippen LogP) is 2.83. The molecule has 2 aromatic rings. The maximum Gasteiger partial charge on any atom is 0.230 e. The molecule has 6 heteroatoms. The highest BCUT2D eigenvalue weighted by molar-refractivity contribution is 7.99. The van der Waals surface area contributed by atoms with E-state index in [9.17, 15) is 0 Å². The highest BCUT2D eigenvalue weighted by atomic mass is 32.2. The Balaban J connectivity index is 2.33. The molecule has 0 aliphatic carbocycles. The summed E-state index contributed by atoms with van der Waals surface area (Å²) in [6.45, 7) is 4.89. The molecule has 1 N–H and O–H groups in total. The van der Waals surface area contributed by atoms with Gasteiger partial charge in [0.25, 0.3) is 0 Å². The Kier molecular flexibility index (Phi) is 4.79. The Hall–Kier alpha value is -1.82. The first kappa shape index (κ1) is 14.6. The van der Waals surface area contributed by atoms with Crippen molar-refractivity contribution in [1.82, 2.24) is 15.0 Å². The van der Waals surface area contributed by atoms with E-state index in [-0.39, 0.29) is 0 Å². The minimum atomic E-state index is 0.613. The van der Waals surface area contributed by atoms with Crippen molar-refractivity contribution in [2.75, 3.05) is 30.9 Å². The number of aryl methyl sites for hydroxylation is 1. The predicted molar refractivity (Wildman–Crippen MR) is 83.6 cm³/mol. The first-order valence-corrected chi connectivity index (χ1v) is 7.32. The van der Waals surface area contributed by atoms with E-state index in [2.05, 4.69) is 39.3 Å². The molecule has 0 fully saturated rings. The Bertz CT molecular complexity index is 586. The van der Waals surface area contributed by atoms with Gasteiger partial charge in [-0.25, -0.2) is 0 Å². The summed E-state index contributed by atoms with van der Waals surface area (Å²) in [6, 6.07) is 8.21. The average molecular weight is 289 g/mol. The molecule has 0 saturated heterocycles. The van der Waals surface area contributed by atoms with Crippen LogP contribution >= 0.6 is 11.8 Å². The average Bonchev–Trinajstić information content (AvgIpc) is 2.41. The fraction of sp³-hybridized carbons (Fsp3) is 0.357. The molecule has 1 heterocycles. The zero-order chi connectivity index (χ0) is 14.5. The molecule has 0 atom stereocenters. The monoisotopic (exact) mass is 289 g/mol. The van der Waals surface area contributed by atoms with Crippen LogP contribution in [0.3, 0.4) is 0 Å². The zero-order valence-electron chi connectivity index (χ0n) is 12.2. The third-order valence-electron chi connectivity index (χ3n) is 2.63. The summed E-state index contributed by atoms with van der Waals surface area (Å²) in [5, 5.41) is 3.84. The Morgan fingerprint density at radius 1 is 1.15 bits per heavy atom. The first-order valence-electron chi connectivity index (χ1n) is 6.51. The lowest BCUT2D eigenvalue weighted by atomic mass is 10.2. The van der Waals surface area contributed by atoms with E-state index in [1.165, 1.54) is 5.56 Å². The molecule has 0 aliphatic heterocycles. The Labute approximate surface area is 123 Å². The lowest BCUT2D eigenvalue weighted by Gasteiger charge is -2.13. The van der Waals surface area contributed by atoms with Gasteiger partial charge in [-0.05, 0) is 37.2 Å². The van der Waals surface area contributed by atoms with Crippen LogP contribution in [0, 0.1) is 6.92 Å². The molecule has 0 aliphatic rings. The van der Waals surface area contributed by atoms with Gasteiger partial charge in [0.1, 0.15) is 0 Å². The summed E-state index contributed by atoms with van der Waals surface area (Å²) < 4.78 is 0. The molecule has 1 aromatic carbocycles. The highest BCUT2D eigenvalue weighted by Gasteiger charge is 2.10. The van der Waals surface area contributed by atoms with Crippen molar-refractivity contribution < 1.29 is 0 Å². The van der Waals surface area contributed by atoms with E-state index < -0.39 is 0 Å². The minimum Gasteiger partial charge on any atom is -0.354 e. The smallest absolute Gasteiger partial charge is 0.230 e. The summed E-state index contributed by atoms with van der Waals surface area (Å²) in [4.78, 5) is 16.3. The number of anilines is 2. The van der Waals surface area contributed by atoms with E-state index in [1.54, 1.807) is 11.8 Å².